The van der Waals surface area contributed by atoms with Crippen LogP contribution in [0.1, 0.15) is 31.1 Å². The van der Waals surface area contributed by atoms with Crippen LogP contribution in [-0.4, -0.2) is 32.9 Å². The SMILES string of the molecule is CNCC(OCCOC(C)C)c1ccccc1C. The number of ether oxygens (including phenoxy) is 2. The molecule has 18 heavy (non-hydrogen) atoms. The van der Waals surface area contributed by atoms with E-state index >= 15 is 0 Å². The van der Waals surface area contributed by atoms with Crippen molar-refractivity contribution in [3.8, 4) is 0 Å². The average molecular weight is 251 g/mol. The van der Waals surface area contributed by atoms with Crippen LogP contribution in [0.25, 0.3) is 0 Å². The molecule has 0 aliphatic heterocycles. The summed E-state index contributed by atoms with van der Waals surface area (Å²) in [4.78, 5) is 0. The van der Waals surface area contributed by atoms with Gasteiger partial charge in [-0.15, -0.1) is 0 Å². The second-order valence-electron chi connectivity index (χ2n) is 4.69. The zero-order valence-corrected chi connectivity index (χ0v) is 11.9. The molecule has 0 heterocycles. The zero-order valence-electron chi connectivity index (χ0n) is 11.9. The summed E-state index contributed by atoms with van der Waals surface area (Å²) < 4.78 is 11.4. The van der Waals surface area contributed by atoms with Crippen molar-refractivity contribution in [2.45, 2.75) is 33.0 Å². The number of likely N-dealkylation sites (N-methyl/N-ethyl adjacent to an activating group) is 1. The Balaban J connectivity index is 2.52. The summed E-state index contributed by atoms with van der Waals surface area (Å²) in [7, 11) is 1.94. The Morgan fingerprint density at radius 3 is 2.39 bits per heavy atom. The maximum Gasteiger partial charge on any atom is 0.0952 e. The first-order chi connectivity index (χ1) is 8.65. The van der Waals surface area contributed by atoms with Gasteiger partial charge in [0.25, 0.3) is 0 Å². The van der Waals surface area contributed by atoms with Crippen LogP contribution in [0.5, 0.6) is 0 Å². The van der Waals surface area contributed by atoms with Gasteiger partial charge in [-0.25, -0.2) is 0 Å². The minimum atomic E-state index is 0.0898. The van der Waals surface area contributed by atoms with Gasteiger partial charge in [-0.2, -0.15) is 0 Å². The molecule has 0 aromatic heterocycles. The molecular formula is C15H25NO2. The molecular weight excluding hydrogens is 226 g/mol. The van der Waals surface area contributed by atoms with Gasteiger partial charge in [-0.1, -0.05) is 24.3 Å². The van der Waals surface area contributed by atoms with Crippen LogP contribution >= 0.6 is 0 Å². The summed E-state index contributed by atoms with van der Waals surface area (Å²) in [5.41, 5.74) is 2.51. The number of rotatable bonds is 8. The second kappa shape index (κ2) is 8.25. The highest BCUT2D eigenvalue weighted by atomic mass is 16.5. The largest absolute Gasteiger partial charge is 0.376 e. The molecule has 1 aromatic carbocycles. The van der Waals surface area contributed by atoms with E-state index in [0.29, 0.717) is 13.2 Å². The van der Waals surface area contributed by atoms with Crippen LogP contribution in [-0.2, 0) is 9.47 Å². The minimum Gasteiger partial charge on any atom is -0.376 e. The standard InChI is InChI=1S/C15H25NO2/c1-12(2)17-9-10-18-15(11-16-4)14-8-6-5-7-13(14)3/h5-8,12,15-16H,9-11H2,1-4H3. The molecule has 0 bridgehead atoms. The van der Waals surface area contributed by atoms with E-state index < -0.39 is 0 Å². The van der Waals surface area contributed by atoms with Crippen molar-refractivity contribution in [1.82, 2.24) is 5.32 Å². The molecule has 0 saturated carbocycles. The lowest BCUT2D eigenvalue weighted by Crippen LogP contribution is -2.22. The van der Waals surface area contributed by atoms with Crippen molar-refractivity contribution in [3.63, 3.8) is 0 Å². The second-order valence-corrected chi connectivity index (χ2v) is 4.69. The van der Waals surface area contributed by atoms with Crippen molar-refractivity contribution in [3.05, 3.63) is 35.4 Å². The molecule has 0 fully saturated rings. The number of benzene rings is 1. The Labute approximate surface area is 110 Å². The number of aryl methyl sites for hydroxylation is 1. The van der Waals surface area contributed by atoms with Gasteiger partial charge in [-0.05, 0) is 38.9 Å². The molecule has 0 aliphatic carbocycles. The van der Waals surface area contributed by atoms with Gasteiger partial charge < -0.3 is 14.8 Å². The van der Waals surface area contributed by atoms with E-state index in [1.54, 1.807) is 0 Å². The van der Waals surface area contributed by atoms with E-state index in [4.69, 9.17) is 9.47 Å². The fourth-order valence-corrected chi connectivity index (χ4v) is 1.87. The molecule has 0 aliphatic rings. The Morgan fingerprint density at radius 2 is 1.78 bits per heavy atom. The van der Waals surface area contributed by atoms with Crippen LogP contribution < -0.4 is 5.32 Å². The monoisotopic (exact) mass is 251 g/mol. The minimum absolute atomic E-state index is 0.0898. The van der Waals surface area contributed by atoms with Crippen molar-refractivity contribution < 1.29 is 9.47 Å². The molecule has 1 rings (SSSR count). The van der Waals surface area contributed by atoms with Gasteiger partial charge in [0.1, 0.15) is 0 Å². The highest BCUT2D eigenvalue weighted by molar-refractivity contribution is 5.28. The lowest BCUT2D eigenvalue weighted by atomic mass is 10.0. The summed E-state index contributed by atoms with van der Waals surface area (Å²) in [5.74, 6) is 0. The maximum absolute atomic E-state index is 5.91. The molecule has 3 nitrogen and oxygen atoms in total. The van der Waals surface area contributed by atoms with Gasteiger partial charge >= 0.3 is 0 Å². The van der Waals surface area contributed by atoms with Gasteiger partial charge in [0.15, 0.2) is 0 Å². The number of hydrogen-bond acceptors (Lipinski definition) is 3. The smallest absolute Gasteiger partial charge is 0.0952 e. The van der Waals surface area contributed by atoms with E-state index in [0.717, 1.165) is 6.54 Å². The number of hydrogen-bond donors (Lipinski definition) is 1. The van der Waals surface area contributed by atoms with Crippen molar-refractivity contribution >= 4 is 0 Å². The van der Waals surface area contributed by atoms with Crippen LogP contribution in [0, 0.1) is 6.92 Å². The van der Waals surface area contributed by atoms with Crippen molar-refractivity contribution in [2.24, 2.45) is 0 Å². The maximum atomic E-state index is 5.91. The topological polar surface area (TPSA) is 30.5 Å². The van der Waals surface area contributed by atoms with Crippen LogP contribution in [0.4, 0.5) is 0 Å². The quantitative estimate of drug-likeness (QED) is 0.721. The predicted molar refractivity (Wildman–Crippen MR) is 74.9 cm³/mol. The third kappa shape index (κ3) is 5.17. The normalized spacial score (nSPS) is 12.9. The summed E-state index contributed by atoms with van der Waals surface area (Å²) in [6, 6.07) is 8.35. The highest BCUT2D eigenvalue weighted by Gasteiger charge is 2.13. The summed E-state index contributed by atoms with van der Waals surface area (Å²) in [5, 5.41) is 3.18. The first-order valence-electron chi connectivity index (χ1n) is 6.58. The first-order valence-corrected chi connectivity index (χ1v) is 6.58. The van der Waals surface area contributed by atoms with Crippen LogP contribution in [0.2, 0.25) is 0 Å². The van der Waals surface area contributed by atoms with E-state index in [1.165, 1.54) is 11.1 Å². The molecule has 0 radical (unpaired) electrons. The molecule has 1 unspecified atom stereocenters. The average Bonchev–Trinajstić information content (AvgIpc) is 2.34. The Morgan fingerprint density at radius 1 is 1.11 bits per heavy atom. The van der Waals surface area contributed by atoms with E-state index in [9.17, 15) is 0 Å². The highest BCUT2D eigenvalue weighted by Crippen LogP contribution is 2.20. The lowest BCUT2D eigenvalue weighted by Gasteiger charge is -2.20. The van der Waals surface area contributed by atoms with E-state index in [-0.39, 0.29) is 12.2 Å². The molecule has 0 saturated heterocycles. The van der Waals surface area contributed by atoms with Crippen molar-refractivity contribution in [1.29, 1.82) is 0 Å². The van der Waals surface area contributed by atoms with Gasteiger partial charge in [-0.3, -0.25) is 0 Å². The third-order valence-electron chi connectivity index (χ3n) is 2.78. The zero-order chi connectivity index (χ0) is 13.4. The summed E-state index contributed by atoms with van der Waals surface area (Å²) >= 11 is 0. The van der Waals surface area contributed by atoms with E-state index in [1.807, 2.05) is 20.9 Å². The van der Waals surface area contributed by atoms with Gasteiger partial charge in [0.05, 0.1) is 25.4 Å². The Kier molecular flexibility index (Phi) is 6.94. The summed E-state index contributed by atoms with van der Waals surface area (Å²) in [6.45, 7) is 8.26. The molecule has 102 valence electrons. The molecule has 1 aromatic rings. The molecule has 3 heteroatoms. The Bertz CT molecular complexity index is 339. The number of nitrogens with one attached hydrogen (secondary N) is 1. The molecule has 0 amide bonds. The molecule has 0 spiro atoms. The molecule has 1 N–H and O–H groups in total. The van der Waals surface area contributed by atoms with E-state index in [2.05, 4.69) is 36.5 Å². The first kappa shape index (κ1) is 15.2. The fourth-order valence-electron chi connectivity index (χ4n) is 1.87. The van der Waals surface area contributed by atoms with Crippen LogP contribution in [0.15, 0.2) is 24.3 Å². The fraction of sp³-hybridized carbons (Fsp3) is 0.600. The molecule has 1 atom stereocenters. The third-order valence-corrected chi connectivity index (χ3v) is 2.78. The van der Waals surface area contributed by atoms with Crippen molar-refractivity contribution in [2.75, 3.05) is 26.8 Å². The lowest BCUT2D eigenvalue weighted by molar-refractivity contribution is -0.0126. The van der Waals surface area contributed by atoms with Gasteiger partial charge in [0, 0.05) is 6.54 Å². The Hall–Kier alpha value is -0.900. The summed E-state index contributed by atoms with van der Waals surface area (Å²) in [6.07, 6.45) is 0.349. The van der Waals surface area contributed by atoms with Crippen LogP contribution in [0.3, 0.4) is 0 Å². The predicted octanol–water partition coefficient (Wildman–Crippen LogP) is 2.70. The van der Waals surface area contributed by atoms with Gasteiger partial charge in [0.2, 0.25) is 0 Å².